The first-order chi connectivity index (χ1) is 9.15. The maximum absolute atomic E-state index is 11.3. The molecular formula is C12H18N4O3. The molecule has 7 heteroatoms. The standard InChI is InChI=1S/C12H18N4O3/c1-3-19-11-8(2)10(14-7-15-11)16-5-4-13-6-9(16)12(17)18/h7,9,13H,3-6H2,1-2H3,(H,17,18). The van der Waals surface area contributed by atoms with Crippen molar-refractivity contribution in [2.24, 2.45) is 0 Å². The van der Waals surface area contributed by atoms with Crippen molar-refractivity contribution < 1.29 is 14.6 Å². The molecule has 104 valence electrons. The Kier molecular flexibility index (Phi) is 4.16. The van der Waals surface area contributed by atoms with Crippen LogP contribution in [0.5, 0.6) is 5.88 Å². The molecule has 2 rings (SSSR count). The molecule has 2 heterocycles. The van der Waals surface area contributed by atoms with E-state index in [4.69, 9.17) is 4.74 Å². The summed E-state index contributed by atoms with van der Waals surface area (Å²) in [6, 6.07) is -0.614. The van der Waals surface area contributed by atoms with Gasteiger partial charge in [-0.15, -0.1) is 0 Å². The molecule has 2 N–H and O–H groups in total. The quantitative estimate of drug-likeness (QED) is 0.796. The molecule has 1 aliphatic heterocycles. The summed E-state index contributed by atoms with van der Waals surface area (Å²) in [6.45, 7) is 5.98. The van der Waals surface area contributed by atoms with Gasteiger partial charge in [-0.2, -0.15) is 0 Å². The van der Waals surface area contributed by atoms with E-state index in [0.717, 1.165) is 12.1 Å². The molecule has 0 spiro atoms. The lowest BCUT2D eigenvalue weighted by Gasteiger charge is -2.35. The topological polar surface area (TPSA) is 87.6 Å². The monoisotopic (exact) mass is 266 g/mol. The first kappa shape index (κ1) is 13.5. The Morgan fingerprint density at radius 3 is 3.11 bits per heavy atom. The number of piperazine rings is 1. The molecule has 0 aromatic carbocycles. The highest BCUT2D eigenvalue weighted by molar-refractivity contribution is 5.79. The molecule has 0 bridgehead atoms. The van der Waals surface area contributed by atoms with Crippen molar-refractivity contribution in [2.75, 3.05) is 31.1 Å². The maximum atomic E-state index is 11.3. The maximum Gasteiger partial charge on any atom is 0.327 e. The van der Waals surface area contributed by atoms with Gasteiger partial charge in [0, 0.05) is 19.6 Å². The SMILES string of the molecule is CCOc1ncnc(N2CCNCC2C(=O)O)c1C. The zero-order valence-corrected chi connectivity index (χ0v) is 11.1. The van der Waals surface area contributed by atoms with E-state index in [1.54, 1.807) is 4.90 Å². The molecule has 19 heavy (non-hydrogen) atoms. The van der Waals surface area contributed by atoms with Crippen molar-refractivity contribution in [3.63, 3.8) is 0 Å². The number of ether oxygens (including phenoxy) is 1. The highest BCUT2D eigenvalue weighted by Crippen LogP contribution is 2.26. The lowest BCUT2D eigenvalue weighted by molar-refractivity contribution is -0.138. The van der Waals surface area contributed by atoms with Crippen LogP contribution in [0.3, 0.4) is 0 Å². The molecule has 1 saturated heterocycles. The lowest BCUT2D eigenvalue weighted by atomic mass is 10.1. The number of carboxylic acid groups (broad SMARTS) is 1. The number of nitrogens with zero attached hydrogens (tertiary/aromatic N) is 3. The van der Waals surface area contributed by atoms with Gasteiger partial charge in [0.25, 0.3) is 0 Å². The van der Waals surface area contributed by atoms with Crippen LogP contribution in [0.4, 0.5) is 5.82 Å². The second kappa shape index (κ2) is 5.83. The van der Waals surface area contributed by atoms with E-state index < -0.39 is 12.0 Å². The second-order valence-electron chi connectivity index (χ2n) is 4.31. The van der Waals surface area contributed by atoms with E-state index in [-0.39, 0.29) is 0 Å². The molecule has 1 fully saturated rings. The normalized spacial score (nSPS) is 19.3. The summed E-state index contributed by atoms with van der Waals surface area (Å²) in [6.07, 6.45) is 1.41. The van der Waals surface area contributed by atoms with Crippen molar-refractivity contribution in [1.29, 1.82) is 0 Å². The molecule has 0 amide bonds. The average molecular weight is 266 g/mol. The van der Waals surface area contributed by atoms with Crippen molar-refractivity contribution in [2.45, 2.75) is 19.9 Å². The van der Waals surface area contributed by atoms with E-state index in [1.165, 1.54) is 6.33 Å². The fourth-order valence-electron chi connectivity index (χ4n) is 2.18. The number of nitrogens with one attached hydrogen (secondary N) is 1. The molecule has 1 aliphatic rings. The number of aromatic nitrogens is 2. The van der Waals surface area contributed by atoms with Gasteiger partial charge in [0.2, 0.25) is 5.88 Å². The lowest BCUT2D eigenvalue weighted by Crippen LogP contribution is -2.55. The molecule has 0 saturated carbocycles. The van der Waals surface area contributed by atoms with Crippen molar-refractivity contribution in [3.8, 4) is 5.88 Å². The average Bonchev–Trinajstić information content (AvgIpc) is 2.41. The molecule has 1 aromatic heterocycles. The van der Waals surface area contributed by atoms with E-state index >= 15 is 0 Å². The minimum atomic E-state index is -0.858. The fraction of sp³-hybridized carbons (Fsp3) is 0.583. The van der Waals surface area contributed by atoms with Crippen LogP contribution in [0.15, 0.2) is 6.33 Å². The highest BCUT2D eigenvalue weighted by Gasteiger charge is 2.30. The van der Waals surface area contributed by atoms with Crippen LogP contribution in [0.2, 0.25) is 0 Å². The molecular weight excluding hydrogens is 248 g/mol. The summed E-state index contributed by atoms with van der Waals surface area (Å²) >= 11 is 0. The van der Waals surface area contributed by atoms with Gasteiger partial charge in [-0.25, -0.2) is 14.8 Å². The summed E-state index contributed by atoms with van der Waals surface area (Å²) in [4.78, 5) is 21.4. The predicted molar refractivity (Wildman–Crippen MR) is 69.6 cm³/mol. The Morgan fingerprint density at radius 1 is 1.63 bits per heavy atom. The number of hydrogen-bond acceptors (Lipinski definition) is 6. The molecule has 1 aromatic rings. The van der Waals surface area contributed by atoms with Crippen LogP contribution in [0, 0.1) is 6.92 Å². The molecule has 0 radical (unpaired) electrons. The van der Waals surface area contributed by atoms with E-state index in [1.807, 2.05) is 13.8 Å². The van der Waals surface area contributed by atoms with Gasteiger partial charge in [0.05, 0.1) is 12.2 Å². The minimum absolute atomic E-state index is 0.406. The third-order valence-corrected chi connectivity index (χ3v) is 3.09. The number of anilines is 1. The summed E-state index contributed by atoms with van der Waals surface area (Å²) in [7, 11) is 0. The number of rotatable bonds is 4. The van der Waals surface area contributed by atoms with Crippen LogP contribution in [-0.4, -0.2) is 53.3 Å². The molecule has 1 atom stereocenters. The Bertz CT molecular complexity index is 466. The van der Waals surface area contributed by atoms with Gasteiger partial charge in [0.15, 0.2) is 0 Å². The van der Waals surface area contributed by atoms with Crippen LogP contribution in [-0.2, 0) is 4.79 Å². The van der Waals surface area contributed by atoms with Crippen molar-refractivity contribution in [3.05, 3.63) is 11.9 Å². The van der Waals surface area contributed by atoms with E-state index in [0.29, 0.717) is 31.4 Å². The number of aliphatic carboxylic acids is 1. The first-order valence-electron chi connectivity index (χ1n) is 6.29. The Morgan fingerprint density at radius 2 is 2.42 bits per heavy atom. The van der Waals surface area contributed by atoms with Crippen molar-refractivity contribution in [1.82, 2.24) is 15.3 Å². The van der Waals surface area contributed by atoms with Crippen LogP contribution < -0.4 is 15.0 Å². The van der Waals surface area contributed by atoms with E-state index in [2.05, 4.69) is 15.3 Å². The van der Waals surface area contributed by atoms with Gasteiger partial charge < -0.3 is 20.1 Å². The third-order valence-electron chi connectivity index (χ3n) is 3.09. The molecule has 7 nitrogen and oxygen atoms in total. The number of carboxylic acids is 1. The van der Waals surface area contributed by atoms with Gasteiger partial charge >= 0.3 is 5.97 Å². The van der Waals surface area contributed by atoms with Crippen LogP contribution >= 0.6 is 0 Å². The zero-order valence-electron chi connectivity index (χ0n) is 11.1. The van der Waals surface area contributed by atoms with Crippen molar-refractivity contribution >= 4 is 11.8 Å². The predicted octanol–water partition coefficient (Wildman–Crippen LogP) is 0.0465. The third kappa shape index (κ3) is 2.76. The highest BCUT2D eigenvalue weighted by atomic mass is 16.5. The van der Waals surface area contributed by atoms with Gasteiger partial charge in [-0.1, -0.05) is 0 Å². The number of hydrogen-bond donors (Lipinski definition) is 2. The Hall–Kier alpha value is -1.89. The largest absolute Gasteiger partial charge is 0.480 e. The summed E-state index contributed by atoms with van der Waals surface area (Å²) in [5.41, 5.74) is 0.775. The second-order valence-corrected chi connectivity index (χ2v) is 4.31. The van der Waals surface area contributed by atoms with Gasteiger partial charge in [0.1, 0.15) is 18.2 Å². The van der Waals surface area contributed by atoms with Gasteiger partial charge in [-0.05, 0) is 13.8 Å². The van der Waals surface area contributed by atoms with Gasteiger partial charge in [-0.3, -0.25) is 0 Å². The fourth-order valence-corrected chi connectivity index (χ4v) is 2.18. The molecule has 1 unspecified atom stereocenters. The summed E-state index contributed by atoms with van der Waals surface area (Å²) < 4.78 is 5.42. The zero-order chi connectivity index (χ0) is 13.8. The van der Waals surface area contributed by atoms with Crippen LogP contribution in [0.1, 0.15) is 12.5 Å². The minimum Gasteiger partial charge on any atom is -0.480 e. The van der Waals surface area contributed by atoms with E-state index in [9.17, 15) is 9.90 Å². The van der Waals surface area contributed by atoms with Crippen LogP contribution in [0.25, 0.3) is 0 Å². The number of carbonyl (C=O) groups is 1. The Balaban J connectivity index is 2.33. The summed E-state index contributed by atoms with van der Waals surface area (Å²) in [5, 5.41) is 12.4. The smallest absolute Gasteiger partial charge is 0.327 e. The molecule has 0 aliphatic carbocycles. The first-order valence-corrected chi connectivity index (χ1v) is 6.29. The Labute approximate surface area is 111 Å². The summed E-state index contributed by atoms with van der Waals surface area (Å²) in [5.74, 6) is 0.283.